The van der Waals surface area contributed by atoms with E-state index in [1.54, 1.807) is 92.7 Å². The van der Waals surface area contributed by atoms with Crippen LogP contribution >= 0.6 is 0 Å². The maximum absolute atomic E-state index is 12.6. The number of esters is 1. The summed E-state index contributed by atoms with van der Waals surface area (Å²) in [4.78, 5) is 62.3. The van der Waals surface area contributed by atoms with Crippen LogP contribution in [-0.2, 0) is 20.7 Å². The zero-order valence-corrected chi connectivity index (χ0v) is 37.2. The molecule has 5 aromatic carbocycles. The van der Waals surface area contributed by atoms with Crippen LogP contribution in [0.25, 0.3) is 0 Å². The number of carbonyl (C=O) groups is 3. The molecule has 2 aliphatic heterocycles. The van der Waals surface area contributed by atoms with Crippen molar-refractivity contribution >= 4 is 40.3 Å². The number of piperidine rings is 2. The Morgan fingerprint density at radius 1 is 0.646 bits per heavy atom. The zero-order valence-electron chi connectivity index (χ0n) is 37.2. The first kappa shape index (κ1) is 47.4. The van der Waals surface area contributed by atoms with Gasteiger partial charge in [0.05, 0.1) is 22.4 Å². The predicted molar refractivity (Wildman–Crippen MR) is 250 cm³/mol. The summed E-state index contributed by atoms with van der Waals surface area (Å²) in [5.41, 5.74) is 3.66. The second-order valence-corrected chi connectivity index (χ2v) is 16.3. The molecule has 2 aliphatic rings. The Bertz CT molecular complexity index is 2410. The molecule has 0 N–H and O–H groups in total. The second kappa shape index (κ2) is 23.0. The van der Waals surface area contributed by atoms with Gasteiger partial charge in [0.15, 0.2) is 5.78 Å². The van der Waals surface area contributed by atoms with Crippen LogP contribution in [0.1, 0.15) is 87.2 Å². The fourth-order valence-electron chi connectivity index (χ4n) is 8.11. The van der Waals surface area contributed by atoms with Crippen molar-refractivity contribution in [3.8, 4) is 23.0 Å². The highest BCUT2D eigenvalue weighted by molar-refractivity contribution is 6.09. The molecule has 7 rings (SSSR count). The summed E-state index contributed by atoms with van der Waals surface area (Å²) in [6.07, 6.45) is 7.29. The lowest BCUT2D eigenvalue weighted by atomic mass is 9.92. The Morgan fingerprint density at radius 2 is 1.14 bits per heavy atom. The lowest BCUT2D eigenvalue weighted by Crippen LogP contribution is -2.37. The topological polar surface area (TPSA) is 172 Å². The molecule has 65 heavy (non-hydrogen) atoms. The van der Waals surface area contributed by atoms with Gasteiger partial charge < -0.3 is 28.8 Å². The summed E-state index contributed by atoms with van der Waals surface area (Å²) in [6.45, 7) is 9.16. The monoisotopic (exact) mass is 884 g/mol. The van der Waals surface area contributed by atoms with E-state index in [0.717, 1.165) is 48.8 Å². The van der Waals surface area contributed by atoms with E-state index >= 15 is 0 Å². The Labute approximate surface area is 379 Å². The third-order valence-corrected chi connectivity index (χ3v) is 11.7. The van der Waals surface area contributed by atoms with Crippen molar-refractivity contribution in [3.63, 3.8) is 0 Å². The molecule has 0 aromatic heterocycles. The van der Waals surface area contributed by atoms with E-state index < -0.39 is 9.85 Å². The second-order valence-electron chi connectivity index (χ2n) is 16.3. The first-order chi connectivity index (χ1) is 31.4. The van der Waals surface area contributed by atoms with E-state index in [4.69, 9.17) is 14.2 Å². The van der Waals surface area contributed by atoms with Crippen molar-refractivity contribution in [2.24, 2.45) is 11.8 Å². The fraction of sp³-hybridized carbons (Fsp3) is 0.353. The van der Waals surface area contributed by atoms with Crippen molar-refractivity contribution in [1.29, 1.82) is 0 Å². The summed E-state index contributed by atoms with van der Waals surface area (Å²) < 4.78 is 16.9. The van der Waals surface area contributed by atoms with Gasteiger partial charge in [-0.1, -0.05) is 62.2 Å². The molecule has 0 saturated carbocycles. The molecule has 0 radical (unpaired) electrons. The molecule has 0 aliphatic carbocycles. The van der Waals surface area contributed by atoms with Crippen LogP contribution in [0.2, 0.25) is 0 Å². The summed E-state index contributed by atoms with van der Waals surface area (Å²) in [6, 6.07) is 32.7. The Kier molecular flexibility index (Phi) is 16.8. The minimum atomic E-state index is -0.487. The van der Waals surface area contributed by atoms with Crippen molar-refractivity contribution in [2.75, 3.05) is 42.6 Å². The smallest absolute Gasteiger partial charge is 0.311 e. The highest BCUT2D eigenvalue weighted by atomic mass is 16.6. The average molecular weight is 885 g/mol. The summed E-state index contributed by atoms with van der Waals surface area (Å²) in [7, 11) is 0. The van der Waals surface area contributed by atoms with Crippen molar-refractivity contribution in [1.82, 2.24) is 0 Å². The average Bonchev–Trinajstić information content (AvgIpc) is 3.32. The molecule has 5 aromatic rings. The zero-order chi connectivity index (χ0) is 46.3. The fourth-order valence-corrected chi connectivity index (χ4v) is 8.11. The Balaban J connectivity index is 0.000000218. The molecule has 2 fully saturated rings. The number of benzene rings is 5. The maximum atomic E-state index is 12.6. The van der Waals surface area contributed by atoms with Crippen molar-refractivity contribution < 1.29 is 38.4 Å². The number of nitrogens with zero attached hydrogens (tertiary/aromatic N) is 4. The number of ketones is 2. The minimum Gasteiger partial charge on any atom is -0.466 e. The van der Waals surface area contributed by atoms with Crippen LogP contribution in [0.4, 0.5) is 22.7 Å². The number of nitro benzene ring substituents is 2. The van der Waals surface area contributed by atoms with Crippen LogP contribution in [0.15, 0.2) is 115 Å². The molecular weight excluding hydrogens is 829 g/mol. The number of hydrogen-bond acceptors (Lipinski definition) is 12. The van der Waals surface area contributed by atoms with Gasteiger partial charge in [0.2, 0.25) is 11.5 Å². The first-order valence-corrected chi connectivity index (χ1v) is 22.3. The van der Waals surface area contributed by atoms with Crippen LogP contribution < -0.4 is 19.3 Å². The SMILES string of the molecule is CCCC1CCN(c2ccc([N+](=O)[O-])c(Oc3ccc(CCC(C)=O)cc3)c2)CC1.CCOC(=O)C1CCN(c2ccc([N+](=O)[O-])c(Oc3ccc(C(=O)c4ccccc4)cc3)c2)CC1. The van der Waals surface area contributed by atoms with Gasteiger partial charge in [-0.15, -0.1) is 0 Å². The van der Waals surface area contributed by atoms with E-state index in [9.17, 15) is 34.6 Å². The highest BCUT2D eigenvalue weighted by Crippen LogP contribution is 2.38. The third-order valence-electron chi connectivity index (χ3n) is 11.7. The molecule has 0 spiro atoms. The normalized spacial score (nSPS) is 14.1. The molecule has 0 atom stereocenters. The van der Waals surface area contributed by atoms with Gasteiger partial charge in [-0.2, -0.15) is 0 Å². The highest BCUT2D eigenvalue weighted by Gasteiger charge is 2.28. The third kappa shape index (κ3) is 13.2. The van der Waals surface area contributed by atoms with Crippen LogP contribution in [0, 0.1) is 32.1 Å². The first-order valence-electron chi connectivity index (χ1n) is 22.3. The molecule has 14 nitrogen and oxygen atoms in total. The summed E-state index contributed by atoms with van der Waals surface area (Å²) in [5, 5.41) is 23.1. The Morgan fingerprint density at radius 3 is 1.62 bits per heavy atom. The van der Waals surface area contributed by atoms with E-state index in [1.165, 1.54) is 25.0 Å². The predicted octanol–water partition coefficient (Wildman–Crippen LogP) is 11.3. The van der Waals surface area contributed by atoms with Gasteiger partial charge in [-0.3, -0.25) is 29.8 Å². The quantitative estimate of drug-likeness (QED) is 0.0375. The molecule has 14 heteroatoms. The standard InChI is InChI=1S/C27H26N2O6.C24H30N2O4/c1-2-34-27(31)21-14-16-28(17-15-21)22-10-13-24(29(32)33)25(18-22)35-23-11-8-20(9-12-23)26(30)19-6-4-3-5-7-19;1-3-4-19-13-15-25(16-14-19)21-9-12-23(26(28)29)24(17-21)30-22-10-7-20(8-11-22)6-5-18(2)27/h3-13,18,21H,2,14-17H2,1H3;7-12,17,19H,3-6,13-16H2,1-2H3. The van der Waals surface area contributed by atoms with Crippen LogP contribution in [-0.4, -0.2) is 60.2 Å². The van der Waals surface area contributed by atoms with Gasteiger partial charge >= 0.3 is 17.3 Å². The van der Waals surface area contributed by atoms with E-state index in [1.807, 2.05) is 24.3 Å². The number of anilines is 2. The molecule has 0 bridgehead atoms. The van der Waals surface area contributed by atoms with Crippen molar-refractivity contribution in [2.45, 2.75) is 72.1 Å². The number of rotatable bonds is 17. The van der Waals surface area contributed by atoms with Gasteiger partial charge in [0.1, 0.15) is 17.3 Å². The summed E-state index contributed by atoms with van der Waals surface area (Å²) in [5.74, 6) is 1.82. The number of hydrogen-bond donors (Lipinski definition) is 0. The minimum absolute atomic E-state index is 0.0414. The van der Waals surface area contributed by atoms with E-state index in [-0.39, 0.29) is 46.3 Å². The summed E-state index contributed by atoms with van der Waals surface area (Å²) >= 11 is 0. The number of aryl methyl sites for hydroxylation is 1. The van der Waals surface area contributed by atoms with Crippen molar-refractivity contribution in [3.05, 3.63) is 152 Å². The molecule has 2 saturated heterocycles. The number of nitro groups is 2. The maximum Gasteiger partial charge on any atom is 0.311 e. The molecular formula is C51H56N4O10. The largest absolute Gasteiger partial charge is 0.466 e. The molecule has 340 valence electrons. The molecule has 2 heterocycles. The number of ether oxygens (including phenoxy) is 3. The van der Waals surface area contributed by atoms with E-state index in [0.29, 0.717) is 68.0 Å². The van der Waals surface area contributed by atoms with Gasteiger partial charge in [-0.25, -0.2) is 0 Å². The Hall–Kier alpha value is -7.09. The molecule has 0 unspecified atom stereocenters. The molecule has 0 amide bonds. The lowest BCUT2D eigenvalue weighted by Gasteiger charge is -2.33. The van der Waals surface area contributed by atoms with Crippen LogP contribution in [0.3, 0.4) is 0 Å². The number of carbonyl (C=O) groups excluding carboxylic acids is 3. The van der Waals surface area contributed by atoms with Gasteiger partial charge in [0, 0.05) is 79.4 Å². The number of Topliss-reactive ketones (excluding diaryl/α,β-unsaturated/α-hetero) is 1. The van der Waals surface area contributed by atoms with Gasteiger partial charge in [0.25, 0.3) is 0 Å². The van der Waals surface area contributed by atoms with Crippen LogP contribution in [0.5, 0.6) is 23.0 Å². The van der Waals surface area contributed by atoms with E-state index in [2.05, 4.69) is 16.7 Å². The lowest BCUT2D eigenvalue weighted by molar-refractivity contribution is -0.385. The van der Waals surface area contributed by atoms with Gasteiger partial charge in [-0.05, 0) is 106 Å².